The Balaban J connectivity index is 2.03. The molecule has 0 spiro atoms. The van der Waals surface area contributed by atoms with Crippen LogP contribution in [0.5, 0.6) is 0 Å². The number of hydrogen-bond donors (Lipinski definition) is 1. The maximum atomic E-state index is 6.12. The summed E-state index contributed by atoms with van der Waals surface area (Å²) >= 11 is 6.12. The predicted molar refractivity (Wildman–Crippen MR) is 83.5 cm³/mol. The summed E-state index contributed by atoms with van der Waals surface area (Å²) in [4.78, 5) is 0. The van der Waals surface area contributed by atoms with Gasteiger partial charge in [0.15, 0.2) is 0 Å². The number of halogens is 1. The van der Waals surface area contributed by atoms with Crippen molar-refractivity contribution in [1.82, 2.24) is 5.32 Å². The van der Waals surface area contributed by atoms with E-state index < -0.39 is 0 Å². The summed E-state index contributed by atoms with van der Waals surface area (Å²) in [5, 5.41) is 4.34. The van der Waals surface area contributed by atoms with Crippen LogP contribution in [0, 0.1) is 17.8 Å². The molecule has 1 atom stereocenters. The molecule has 0 heterocycles. The minimum atomic E-state index is 0.451. The van der Waals surface area contributed by atoms with Crippen molar-refractivity contribution in [1.29, 1.82) is 0 Å². The molecule has 1 aliphatic carbocycles. The summed E-state index contributed by atoms with van der Waals surface area (Å²) in [7, 11) is 2.07. The van der Waals surface area contributed by atoms with Crippen LogP contribution < -0.4 is 5.32 Å². The molecule has 1 aromatic rings. The van der Waals surface area contributed by atoms with E-state index in [4.69, 9.17) is 11.6 Å². The van der Waals surface area contributed by atoms with Gasteiger partial charge >= 0.3 is 0 Å². The van der Waals surface area contributed by atoms with Crippen molar-refractivity contribution >= 4 is 11.6 Å². The first-order valence-electron chi connectivity index (χ1n) is 7.54. The molecule has 0 aliphatic heterocycles. The number of rotatable bonds is 4. The maximum Gasteiger partial charge on any atom is 0.0409 e. The lowest BCUT2D eigenvalue weighted by Gasteiger charge is -2.35. The second kappa shape index (κ2) is 6.76. The Bertz CT molecular complexity index is 394. The zero-order chi connectivity index (χ0) is 13.8. The van der Waals surface area contributed by atoms with E-state index in [-0.39, 0.29) is 0 Å². The lowest BCUT2D eigenvalue weighted by atomic mass is 9.73. The molecule has 0 saturated heterocycles. The predicted octanol–water partition coefficient (Wildman–Crippen LogP) is 5.06. The molecule has 106 valence electrons. The lowest BCUT2D eigenvalue weighted by Crippen LogP contribution is -2.29. The molecule has 19 heavy (non-hydrogen) atoms. The van der Waals surface area contributed by atoms with Crippen LogP contribution >= 0.6 is 11.6 Å². The van der Waals surface area contributed by atoms with Crippen molar-refractivity contribution < 1.29 is 0 Å². The molecule has 2 rings (SSSR count). The van der Waals surface area contributed by atoms with Gasteiger partial charge in [-0.15, -0.1) is 0 Å². The Labute approximate surface area is 122 Å². The van der Waals surface area contributed by atoms with Crippen LogP contribution in [0.25, 0.3) is 0 Å². The van der Waals surface area contributed by atoms with Crippen LogP contribution in [0.2, 0.25) is 5.02 Å². The molecule has 1 unspecified atom stereocenters. The number of hydrogen-bond acceptors (Lipinski definition) is 1. The van der Waals surface area contributed by atoms with Crippen LogP contribution in [-0.2, 0) is 0 Å². The van der Waals surface area contributed by atoms with E-state index in [0.29, 0.717) is 6.04 Å². The Morgan fingerprint density at radius 2 is 1.74 bits per heavy atom. The van der Waals surface area contributed by atoms with Gasteiger partial charge in [-0.2, -0.15) is 0 Å². The van der Waals surface area contributed by atoms with Crippen LogP contribution in [0.1, 0.15) is 51.1 Å². The molecule has 1 fully saturated rings. The molecular weight excluding hydrogens is 254 g/mol. The average molecular weight is 280 g/mol. The maximum absolute atomic E-state index is 6.12. The molecule has 0 bridgehead atoms. The van der Waals surface area contributed by atoms with Gasteiger partial charge in [-0.25, -0.2) is 0 Å². The van der Waals surface area contributed by atoms with E-state index in [1.165, 1.54) is 31.2 Å². The highest BCUT2D eigenvalue weighted by Gasteiger charge is 2.28. The summed E-state index contributed by atoms with van der Waals surface area (Å²) < 4.78 is 0. The summed E-state index contributed by atoms with van der Waals surface area (Å²) in [5.41, 5.74) is 1.34. The largest absolute Gasteiger partial charge is 0.313 e. The fourth-order valence-electron chi connectivity index (χ4n) is 3.52. The van der Waals surface area contributed by atoms with Crippen molar-refractivity contribution in [2.24, 2.45) is 17.8 Å². The van der Waals surface area contributed by atoms with Gasteiger partial charge in [0.2, 0.25) is 0 Å². The topological polar surface area (TPSA) is 12.0 Å². The molecule has 1 aromatic carbocycles. The van der Waals surface area contributed by atoms with E-state index in [0.717, 1.165) is 22.8 Å². The first kappa shape index (κ1) is 14.9. The van der Waals surface area contributed by atoms with Crippen molar-refractivity contribution in [3.63, 3.8) is 0 Å². The van der Waals surface area contributed by atoms with Crippen molar-refractivity contribution in [3.8, 4) is 0 Å². The third kappa shape index (κ3) is 3.73. The van der Waals surface area contributed by atoms with E-state index >= 15 is 0 Å². The summed E-state index contributed by atoms with van der Waals surface area (Å²) in [5.74, 6) is 2.51. The van der Waals surface area contributed by atoms with Gasteiger partial charge in [0.25, 0.3) is 0 Å². The number of benzene rings is 1. The van der Waals surface area contributed by atoms with Crippen molar-refractivity contribution in [2.45, 2.75) is 45.6 Å². The third-order valence-electron chi connectivity index (χ3n) is 4.75. The number of nitrogens with one attached hydrogen (secondary N) is 1. The lowest BCUT2D eigenvalue weighted by molar-refractivity contribution is 0.193. The fraction of sp³-hybridized carbons (Fsp3) is 0.647. The van der Waals surface area contributed by atoms with E-state index in [1.807, 2.05) is 6.07 Å². The minimum Gasteiger partial charge on any atom is -0.313 e. The molecule has 1 nitrogen and oxygen atoms in total. The van der Waals surface area contributed by atoms with Crippen molar-refractivity contribution in [2.75, 3.05) is 7.05 Å². The second-order valence-electron chi connectivity index (χ2n) is 6.24. The van der Waals surface area contributed by atoms with Gasteiger partial charge in [0.05, 0.1) is 0 Å². The van der Waals surface area contributed by atoms with E-state index in [1.54, 1.807) is 0 Å². The van der Waals surface area contributed by atoms with Crippen LogP contribution in [0.15, 0.2) is 24.3 Å². The normalized spacial score (nSPS) is 25.5. The summed E-state index contributed by atoms with van der Waals surface area (Å²) in [6.07, 6.45) is 5.42. The van der Waals surface area contributed by atoms with Gasteiger partial charge in [-0.05, 0) is 68.2 Å². The smallest absolute Gasteiger partial charge is 0.0409 e. The van der Waals surface area contributed by atoms with Crippen LogP contribution in [0.3, 0.4) is 0 Å². The minimum absolute atomic E-state index is 0.451. The monoisotopic (exact) mass is 279 g/mol. The molecule has 0 aromatic heterocycles. The third-order valence-corrected chi connectivity index (χ3v) is 4.98. The van der Waals surface area contributed by atoms with Crippen molar-refractivity contribution in [3.05, 3.63) is 34.9 Å². The van der Waals surface area contributed by atoms with Gasteiger partial charge in [-0.1, -0.05) is 37.6 Å². The summed E-state index contributed by atoms with van der Waals surface area (Å²) in [6.45, 7) is 4.72. The van der Waals surface area contributed by atoms with E-state index in [2.05, 4.69) is 44.4 Å². The molecular formula is C17H26ClN. The zero-order valence-corrected chi connectivity index (χ0v) is 13.1. The Morgan fingerprint density at radius 3 is 2.26 bits per heavy atom. The molecule has 1 N–H and O–H groups in total. The molecule has 1 aliphatic rings. The fourth-order valence-corrected chi connectivity index (χ4v) is 3.72. The quantitative estimate of drug-likeness (QED) is 0.812. The molecule has 2 heteroatoms. The molecule has 1 saturated carbocycles. The molecule has 0 amide bonds. The SMILES string of the molecule is CNC(c1cccc(Cl)c1)C1CCC(C(C)C)CC1. The highest BCUT2D eigenvalue weighted by atomic mass is 35.5. The average Bonchev–Trinajstić information content (AvgIpc) is 2.40. The Kier molecular flexibility index (Phi) is 5.29. The Morgan fingerprint density at radius 1 is 1.11 bits per heavy atom. The highest BCUT2D eigenvalue weighted by Crippen LogP contribution is 2.39. The standard InChI is InChI=1S/C17H26ClN/c1-12(2)13-7-9-14(10-8-13)17(19-3)15-5-4-6-16(18)11-15/h4-6,11-14,17,19H,7-10H2,1-3H3. The zero-order valence-electron chi connectivity index (χ0n) is 12.3. The van der Waals surface area contributed by atoms with Crippen LogP contribution in [0.4, 0.5) is 0 Å². The molecule has 0 radical (unpaired) electrons. The van der Waals surface area contributed by atoms with Gasteiger partial charge in [0.1, 0.15) is 0 Å². The summed E-state index contributed by atoms with van der Waals surface area (Å²) in [6, 6.07) is 8.76. The first-order chi connectivity index (χ1) is 9.11. The second-order valence-corrected chi connectivity index (χ2v) is 6.68. The first-order valence-corrected chi connectivity index (χ1v) is 7.92. The highest BCUT2D eigenvalue weighted by molar-refractivity contribution is 6.30. The van der Waals surface area contributed by atoms with E-state index in [9.17, 15) is 0 Å². The van der Waals surface area contributed by atoms with Gasteiger partial charge in [0, 0.05) is 11.1 Å². The van der Waals surface area contributed by atoms with Gasteiger partial charge < -0.3 is 5.32 Å². The van der Waals surface area contributed by atoms with Crippen LogP contribution in [-0.4, -0.2) is 7.05 Å². The van der Waals surface area contributed by atoms with Gasteiger partial charge in [-0.3, -0.25) is 0 Å². The Hall–Kier alpha value is -0.530.